The van der Waals surface area contributed by atoms with Gasteiger partial charge in [-0.1, -0.05) is 13.8 Å². The zero-order chi connectivity index (χ0) is 5.70. The van der Waals surface area contributed by atoms with Crippen molar-refractivity contribution in [2.45, 2.75) is 22.4 Å². The van der Waals surface area contributed by atoms with E-state index >= 15 is 0 Å². The van der Waals surface area contributed by atoms with Gasteiger partial charge in [0.25, 0.3) is 0 Å². The molecule has 0 aromatic carbocycles. The molecule has 0 aliphatic carbocycles. The molecule has 0 rings (SSSR count). The fraction of sp³-hybridized carbons (Fsp3) is 0.667. The van der Waals surface area contributed by atoms with Gasteiger partial charge < -0.3 is 0 Å². The van der Waals surface area contributed by atoms with Gasteiger partial charge in [-0.15, -0.1) is 21.3 Å². The van der Waals surface area contributed by atoms with Gasteiger partial charge in [-0.2, -0.15) is 0 Å². The van der Waals surface area contributed by atoms with Crippen LogP contribution in [0.5, 0.6) is 0 Å². The number of hydrogen-bond donors (Lipinski definition) is 0. The van der Waals surface area contributed by atoms with Crippen molar-refractivity contribution in [1.82, 2.24) is 0 Å². The number of hydrogen-bond acceptors (Lipinski definition) is 0. The third kappa shape index (κ3) is 6.51. The summed E-state index contributed by atoms with van der Waals surface area (Å²) in [5.41, 5.74) is 0. The molecule has 0 radical (unpaired) electrons. The maximum Gasteiger partial charge on any atom is 0.373 e. The Bertz CT molecular complexity index is 48.1. The van der Waals surface area contributed by atoms with Crippen LogP contribution in [0.1, 0.15) is 13.8 Å². The van der Waals surface area contributed by atoms with Crippen molar-refractivity contribution < 1.29 is 0 Å². The molecule has 0 fully saturated rings. The first-order valence-electron chi connectivity index (χ1n) is 2.88. The number of allylic oxidation sites excluding steroid dienone is 1. The predicted octanol–water partition coefficient (Wildman–Crippen LogP) is 2.12. The zero-order valence-electron chi connectivity index (χ0n) is 5.28. The van der Waals surface area contributed by atoms with Gasteiger partial charge in [-0.3, -0.25) is 0 Å². The molecule has 0 aromatic heterocycles. The first-order valence-corrected chi connectivity index (χ1v) is 4.70. The lowest BCUT2D eigenvalue weighted by Crippen LogP contribution is -1.90. The first kappa shape index (κ1) is 7.51. The SMILES string of the molecule is C=C[CH2][Mg][CH](C)C. The Morgan fingerprint density at radius 2 is 2.29 bits per heavy atom. The largest absolute Gasteiger partial charge is 0.373 e. The predicted molar refractivity (Wildman–Crippen MR) is 35.9 cm³/mol. The van der Waals surface area contributed by atoms with E-state index in [0.29, 0.717) is 0 Å². The second kappa shape index (κ2) is 4.66. The van der Waals surface area contributed by atoms with Crippen molar-refractivity contribution in [3.05, 3.63) is 12.7 Å². The van der Waals surface area contributed by atoms with Crippen LogP contribution in [0.3, 0.4) is 0 Å². The van der Waals surface area contributed by atoms with Crippen LogP contribution in [0.25, 0.3) is 0 Å². The van der Waals surface area contributed by atoms with Crippen molar-refractivity contribution in [2.75, 3.05) is 0 Å². The molecule has 0 aliphatic heterocycles. The van der Waals surface area contributed by atoms with E-state index in [9.17, 15) is 0 Å². The van der Waals surface area contributed by atoms with Gasteiger partial charge in [0, 0.05) is 0 Å². The average molecular weight is 108 g/mol. The van der Waals surface area contributed by atoms with E-state index in [0.717, 1.165) is 4.05 Å². The summed E-state index contributed by atoms with van der Waals surface area (Å²) in [5, 5.41) is 0. The molecular formula is C6H12Mg. The van der Waals surface area contributed by atoms with Crippen LogP contribution in [0.2, 0.25) is 8.60 Å². The van der Waals surface area contributed by atoms with Crippen LogP contribution in [-0.4, -0.2) is 20.4 Å². The van der Waals surface area contributed by atoms with E-state index in [1.165, 1.54) is 4.55 Å². The molecule has 1 heteroatoms. The topological polar surface area (TPSA) is 0 Å². The molecule has 0 aliphatic rings. The van der Waals surface area contributed by atoms with E-state index < -0.39 is 0 Å². The van der Waals surface area contributed by atoms with E-state index in [-0.39, 0.29) is 20.4 Å². The van der Waals surface area contributed by atoms with E-state index in [2.05, 4.69) is 20.4 Å². The van der Waals surface area contributed by atoms with Crippen LogP contribution in [0.4, 0.5) is 0 Å². The Morgan fingerprint density at radius 1 is 1.71 bits per heavy atom. The fourth-order valence-corrected chi connectivity index (χ4v) is 1.35. The van der Waals surface area contributed by atoms with Crippen molar-refractivity contribution in [3.63, 3.8) is 0 Å². The molecule has 0 bridgehead atoms. The van der Waals surface area contributed by atoms with Crippen LogP contribution in [0.15, 0.2) is 12.7 Å². The molecular weight excluding hydrogens is 96.4 g/mol. The Balaban J connectivity index is 2.81. The van der Waals surface area contributed by atoms with Crippen LogP contribution < -0.4 is 0 Å². The fourth-order valence-electron chi connectivity index (χ4n) is 0.451. The molecule has 0 aromatic rings. The van der Waals surface area contributed by atoms with E-state index in [4.69, 9.17) is 0 Å². The lowest BCUT2D eigenvalue weighted by Gasteiger charge is -1.93. The summed E-state index contributed by atoms with van der Waals surface area (Å²) < 4.78 is 2.27. The summed E-state index contributed by atoms with van der Waals surface area (Å²) in [6.07, 6.45) is 2.03. The second-order valence-electron chi connectivity index (χ2n) is 2.26. The van der Waals surface area contributed by atoms with Gasteiger partial charge in [0.15, 0.2) is 0 Å². The van der Waals surface area contributed by atoms with Crippen molar-refractivity contribution in [1.29, 1.82) is 0 Å². The normalized spacial score (nSPS) is 8.43. The third-order valence-corrected chi connectivity index (χ3v) is 2.84. The molecule has 0 unspecified atom stereocenters. The average Bonchev–Trinajstić information content (AvgIpc) is 1.61. The first-order chi connectivity index (χ1) is 3.27. The highest BCUT2D eigenvalue weighted by Gasteiger charge is 1.95. The highest BCUT2D eigenvalue weighted by atomic mass is 24.5. The maximum absolute atomic E-state index is 3.67. The second-order valence-corrected chi connectivity index (χ2v) is 5.05. The zero-order valence-corrected chi connectivity index (χ0v) is 6.69. The molecule has 0 saturated heterocycles. The summed E-state index contributed by atoms with van der Waals surface area (Å²) in [6, 6.07) is 0. The standard InChI is InChI=1S/C3H7.C3H5.Mg/c2*1-3-2;/h3H,1-2H3;3H,1-2H2;. The minimum atomic E-state index is 0.228. The highest BCUT2D eigenvalue weighted by molar-refractivity contribution is 6.37. The minimum Gasteiger partial charge on any atom is -0.140 e. The number of rotatable bonds is 3. The van der Waals surface area contributed by atoms with Crippen molar-refractivity contribution >= 4 is 20.4 Å². The summed E-state index contributed by atoms with van der Waals surface area (Å²) in [4.78, 5) is 0. The Kier molecular flexibility index (Phi) is 5.00. The van der Waals surface area contributed by atoms with Gasteiger partial charge in [0.2, 0.25) is 0 Å². The van der Waals surface area contributed by atoms with Gasteiger partial charge in [0.1, 0.15) is 0 Å². The van der Waals surface area contributed by atoms with Crippen LogP contribution >= 0.6 is 0 Å². The Hall–Kier alpha value is 0.506. The molecule has 38 valence electrons. The lowest BCUT2D eigenvalue weighted by atomic mass is 10.6. The summed E-state index contributed by atoms with van der Waals surface area (Å²) in [6.45, 7) is 8.24. The monoisotopic (exact) mass is 108 g/mol. The van der Waals surface area contributed by atoms with Crippen LogP contribution in [0, 0.1) is 0 Å². The molecule has 0 saturated carbocycles. The highest BCUT2D eigenvalue weighted by Crippen LogP contribution is 1.99. The van der Waals surface area contributed by atoms with E-state index in [1.54, 1.807) is 0 Å². The molecule has 0 amide bonds. The van der Waals surface area contributed by atoms with E-state index in [1.807, 2.05) is 6.08 Å². The van der Waals surface area contributed by atoms with Gasteiger partial charge in [-0.25, -0.2) is 0 Å². The summed E-state index contributed by atoms with van der Waals surface area (Å²) >= 11 is 0.228. The van der Waals surface area contributed by atoms with Gasteiger partial charge in [-0.05, 0) is 0 Å². The van der Waals surface area contributed by atoms with Gasteiger partial charge in [0.05, 0.1) is 0 Å². The third-order valence-electron chi connectivity index (χ3n) is 0.948. The molecule has 0 atom stereocenters. The molecule has 7 heavy (non-hydrogen) atoms. The lowest BCUT2D eigenvalue weighted by molar-refractivity contribution is 1.05. The molecule has 0 spiro atoms. The maximum atomic E-state index is 3.67. The summed E-state index contributed by atoms with van der Waals surface area (Å²) in [7, 11) is 0. The molecule has 0 nitrogen and oxygen atoms in total. The van der Waals surface area contributed by atoms with Crippen LogP contribution in [-0.2, 0) is 0 Å². The molecule has 0 heterocycles. The summed E-state index contributed by atoms with van der Waals surface area (Å²) in [5.74, 6) is 0. The quantitative estimate of drug-likeness (QED) is 0.384. The van der Waals surface area contributed by atoms with Gasteiger partial charge >= 0.3 is 20.4 Å². The van der Waals surface area contributed by atoms with Crippen molar-refractivity contribution in [2.24, 2.45) is 0 Å². The smallest absolute Gasteiger partial charge is 0.140 e. The Labute approximate surface area is 55.7 Å². The minimum absolute atomic E-state index is 0.228. The Morgan fingerprint density at radius 3 is 2.43 bits per heavy atom. The molecule has 0 N–H and O–H groups in total. The van der Waals surface area contributed by atoms with Crippen molar-refractivity contribution in [3.8, 4) is 0 Å².